The number of ether oxygens (including phenoxy) is 1. The maximum Gasteiger partial charge on any atom is 0.127 e. The van der Waals surface area contributed by atoms with Gasteiger partial charge < -0.3 is 10.5 Å². The fraction of sp³-hybridized carbons (Fsp3) is 0.294. The number of nitrogens with two attached hydrogens (primary N) is 1. The van der Waals surface area contributed by atoms with Crippen LogP contribution < -0.4 is 10.5 Å². The molecule has 0 amide bonds. The molecule has 0 aliphatic heterocycles. The Balaban J connectivity index is 1.77. The van der Waals surface area contributed by atoms with Crippen molar-refractivity contribution in [1.82, 2.24) is 0 Å². The molecule has 0 radical (unpaired) electrons. The van der Waals surface area contributed by atoms with Gasteiger partial charge in [-0.2, -0.15) is 0 Å². The van der Waals surface area contributed by atoms with Gasteiger partial charge in [0.25, 0.3) is 0 Å². The summed E-state index contributed by atoms with van der Waals surface area (Å²) in [4.78, 5) is 0. The summed E-state index contributed by atoms with van der Waals surface area (Å²) < 4.78 is 5.78. The van der Waals surface area contributed by atoms with E-state index in [1.807, 2.05) is 42.5 Å². The van der Waals surface area contributed by atoms with Gasteiger partial charge in [0.1, 0.15) is 11.5 Å². The number of rotatable bonds is 3. The average molecular weight is 253 g/mol. The first-order valence-corrected chi connectivity index (χ1v) is 6.64. The molecule has 2 heteroatoms. The van der Waals surface area contributed by atoms with Gasteiger partial charge in [0, 0.05) is 5.54 Å². The van der Waals surface area contributed by atoms with Gasteiger partial charge in [0.2, 0.25) is 0 Å². The van der Waals surface area contributed by atoms with Crippen molar-refractivity contribution in [3.63, 3.8) is 0 Å². The summed E-state index contributed by atoms with van der Waals surface area (Å²) >= 11 is 0. The monoisotopic (exact) mass is 253 g/mol. The summed E-state index contributed by atoms with van der Waals surface area (Å²) in [7, 11) is 0. The largest absolute Gasteiger partial charge is 0.457 e. The van der Waals surface area contributed by atoms with Crippen LogP contribution in [-0.2, 0) is 5.54 Å². The minimum atomic E-state index is -0.168. The van der Waals surface area contributed by atoms with E-state index >= 15 is 0 Å². The molecule has 2 nitrogen and oxygen atoms in total. The van der Waals surface area contributed by atoms with Crippen LogP contribution in [0.1, 0.15) is 25.8 Å². The predicted octanol–water partition coefficient (Wildman–Crippen LogP) is 4.06. The lowest BCUT2D eigenvalue weighted by Gasteiger charge is -2.16. The number of para-hydroxylation sites is 1. The summed E-state index contributed by atoms with van der Waals surface area (Å²) in [6.45, 7) is 4.42. The van der Waals surface area contributed by atoms with E-state index in [4.69, 9.17) is 10.5 Å². The summed E-state index contributed by atoms with van der Waals surface area (Å²) in [5.41, 5.74) is 7.63. The van der Waals surface area contributed by atoms with Crippen molar-refractivity contribution in [3.05, 3.63) is 60.2 Å². The van der Waals surface area contributed by atoms with E-state index in [1.54, 1.807) is 0 Å². The third-order valence-corrected chi connectivity index (χ3v) is 4.15. The fourth-order valence-corrected chi connectivity index (χ4v) is 2.59. The van der Waals surface area contributed by atoms with Crippen LogP contribution in [0.25, 0.3) is 0 Å². The maximum absolute atomic E-state index is 6.41. The first-order chi connectivity index (χ1) is 9.01. The van der Waals surface area contributed by atoms with E-state index in [2.05, 4.69) is 26.0 Å². The molecule has 2 aromatic rings. The van der Waals surface area contributed by atoms with Crippen LogP contribution in [0.4, 0.5) is 0 Å². The van der Waals surface area contributed by atoms with E-state index in [1.165, 1.54) is 5.56 Å². The molecule has 1 saturated carbocycles. The smallest absolute Gasteiger partial charge is 0.127 e. The molecule has 1 fully saturated rings. The van der Waals surface area contributed by atoms with Crippen molar-refractivity contribution in [2.45, 2.75) is 25.8 Å². The molecule has 3 rings (SSSR count). The molecule has 98 valence electrons. The molecule has 0 saturated heterocycles. The Hall–Kier alpha value is -1.80. The van der Waals surface area contributed by atoms with Crippen molar-refractivity contribution in [2.24, 2.45) is 11.1 Å². The highest BCUT2D eigenvalue weighted by Gasteiger charge is 2.59. The highest BCUT2D eigenvalue weighted by atomic mass is 16.5. The van der Waals surface area contributed by atoms with Crippen LogP contribution >= 0.6 is 0 Å². The van der Waals surface area contributed by atoms with Crippen LogP contribution in [0.15, 0.2) is 54.6 Å². The third kappa shape index (κ3) is 2.13. The number of benzene rings is 2. The van der Waals surface area contributed by atoms with Crippen molar-refractivity contribution < 1.29 is 4.74 Å². The third-order valence-electron chi connectivity index (χ3n) is 4.15. The minimum absolute atomic E-state index is 0.168. The second-order valence-corrected chi connectivity index (χ2v) is 5.97. The lowest BCUT2D eigenvalue weighted by molar-refractivity contribution is 0.480. The predicted molar refractivity (Wildman–Crippen MR) is 77.2 cm³/mol. The quantitative estimate of drug-likeness (QED) is 0.895. The molecule has 2 N–H and O–H groups in total. The van der Waals surface area contributed by atoms with Crippen molar-refractivity contribution in [3.8, 4) is 11.5 Å². The van der Waals surface area contributed by atoms with Crippen molar-refractivity contribution in [1.29, 1.82) is 0 Å². The SMILES string of the molecule is CC1(C)CC1(N)c1ccc(Oc2ccccc2)cc1. The van der Waals surface area contributed by atoms with E-state index in [0.717, 1.165) is 17.9 Å². The van der Waals surface area contributed by atoms with E-state index in [9.17, 15) is 0 Å². The molecular weight excluding hydrogens is 234 g/mol. The standard InChI is InChI=1S/C17H19NO/c1-16(2)12-17(16,18)13-8-10-15(11-9-13)19-14-6-4-3-5-7-14/h3-11H,12,18H2,1-2H3. The Morgan fingerprint density at radius 3 is 1.95 bits per heavy atom. The van der Waals surface area contributed by atoms with E-state index in [0.29, 0.717) is 0 Å². The normalized spacial score (nSPS) is 23.9. The zero-order valence-corrected chi connectivity index (χ0v) is 11.4. The highest BCUT2D eigenvalue weighted by molar-refractivity contribution is 5.40. The lowest BCUT2D eigenvalue weighted by atomic mass is 9.97. The van der Waals surface area contributed by atoms with Gasteiger partial charge in [-0.3, -0.25) is 0 Å². The topological polar surface area (TPSA) is 35.2 Å². The zero-order chi connectivity index (χ0) is 13.5. The zero-order valence-electron chi connectivity index (χ0n) is 11.4. The molecule has 1 aliphatic carbocycles. The lowest BCUT2D eigenvalue weighted by Crippen LogP contribution is -2.25. The second kappa shape index (κ2) is 4.10. The van der Waals surface area contributed by atoms with Gasteiger partial charge in [0.15, 0.2) is 0 Å². The summed E-state index contributed by atoms with van der Waals surface area (Å²) in [6, 6.07) is 17.9. The molecule has 0 heterocycles. The Bertz CT molecular complexity index is 574. The van der Waals surface area contributed by atoms with Gasteiger partial charge in [-0.15, -0.1) is 0 Å². The molecule has 0 spiro atoms. The molecule has 1 atom stereocenters. The number of hydrogen-bond acceptors (Lipinski definition) is 2. The average Bonchev–Trinajstić information content (AvgIpc) is 2.92. The minimum Gasteiger partial charge on any atom is -0.457 e. The van der Waals surface area contributed by atoms with Crippen LogP contribution in [0.3, 0.4) is 0 Å². The molecule has 19 heavy (non-hydrogen) atoms. The second-order valence-electron chi connectivity index (χ2n) is 5.97. The van der Waals surface area contributed by atoms with Gasteiger partial charge in [0.05, 0.1) is 0 Å². The van der Waals surface area contributed by atoms with Crippen LogP contribution in [0.2, 0.25) is 0 Å². The Kier molecular flexibility index (Phi) is 2.64. The summed E-state index contributed by atoms with van der Waals surface area (Å²) in [6.07, 6.45) is 1.04. The number of hydrogen-bond donors (Lipinski definition) is 1. The molecular formula is C17H19NO. The van der Waals surface area contributed by atoms with Gasteiger partial charge in [-0.05, 0) is 41.7 Å². The Labute approximate surface area is 114 Å². The van der Waals surface area contributed by atoms with Crippen LogP contribution in [0.5, 0.6) is 11.5 Å². The van der Waals surface area contributed by atoms with Crippen molar-refractivity contribution >= 4 is 0 Å². The van der Waals surface area contributed by atoms with Crippen molar-refractivity contribution in [2.75, 3.05) is 0 Å². The van der Waals surface area contributed by atoms with E-state index in [-0.39, 0.29) is 11.0 Å². The molecule has 2 aromatic carbocycles. The molecule has 1 aliphatic rings. The summed E-state index contributed by atoms with van der Waals surface area (Å²) in [5.74, 6) is 1.70. The molecule has 1 unspecified atom stereocenters. The summed E-state index contributed by atoms with van der Waals surface area (Å²) in [5, 5.41) is 0. The highest BCUT2D eigenvalue weighted by Crippen LogP contribution is 2.60. The van der Waals surface area contributed by atoms with Crippen LogP contribution in [0, 0.1) is 5.41 Å². The first kappa shape index (κ1) is 12.2. The van der Waals surface area contributed by atoms with E-state index < -0.39 is 0 Å². The Morgan fingerprint density at radius 2 is 1.42 bits per heavy atom. The Morgan fingerprint density at radius 1 is 0.895 bits per heavy atom. The molecule has 0 bridgehead atoms. The van der Waals surface area contributed by atoms with Gasteiger partial charge >= 0.3 is 0 Å². The van der Waals surface area contributed by atoms with Gasteiger partial charge in [-0.25, -0.2) is 0 Å². The van der Waals surface area contributed by atoms with Gasteiger partial charge in [-0.1, -0.05) is 44.2 Å². The first-order valence-electron chi connectivity index (χ1n) is 6.64. The van der Waals surface area contributed by atoms with Crippen LogP contribution in [-0.4, -0.2) is 0 Å². The molecule has 0 aromatic heterocycles. The maximum atomic E-state index is 6.41. The fourth-order valence-electron chi connectivity index (χ4n) is 2.59.